The second-order valence-electron chi connectivity index (χ2n) is 9.70. The maximum absolute atomic E-state index is 6.87. The Morgan fingerprint density at radius 2 is 0.952 bits per heavy atom. The van der Waals surface area contributed by atoms with Crippen LogP contribution in [0.4, 0.5) is 0 Å². The van der Waals surface area contributed by atoms with Gasteiger partial charge in [-0.1, -0.05) is 67.7 Å². The third-order valence-corrected chi connectivity index (χ3v) is 24.6. The van der Waals surface area contributed by atoms with E-state index < -0.39 is 25.2 Å². The van der Waals surface area contributed by atoms with Crippen molar-refractivity contribution in [2.75, 3.05) is 13.1 Å². The number of nitrogens with two attached hydrogens (primary N) is 2. The molecule has 21 heavy (non-hydrogen) atoms. The molecule has 0 aromatic heterocycles. The monoisotopic (exact) mass is 346 g/mol. The Morgan fingerprint density at radius 1 is 0.714 bits per heavy atom. The zero-order valence-electron chi connectivity index (χ0n) is 16.0. The first-order chi connectivity index (χ1) is 8.97. The molecule has 0 saturated carbocycles. The molecule has 0 bridgehead atoms. The van der Waals surface area contributed by atoms with Crippen molar-refractivity contribution < 1.29 is 0 Å². The summed E-state index contributed by atoms with van der Waals surface area (Å²) < 4.78 is 5.17. The second kappa shape index (κ2) is 5.25. The molecule has 0 spiro atoms. The summed E-state index contributed by atoms with van der Waals surface area (Å²) in [6.07, 6.45) is 0. The van der Waals surface area contributed by atoms with E-state index in [0.717, 1.165) is 13.1 Å². The van der Waals surface area contributed by atoms with Crippen LogP contribution in [0.3, 0.4) is 0 Å². The van der Waals surface area contributed by atoms with E-state index in [1.807, 2.05) is 0 Å². The summed E-state index contributed by atoms with van der Waals surface area (Å²) in [5.74, 6) is 0. The molecule has 4 nitrogen and oxygen atoms in total. The fourth-order valence-corrected chi connectivity index (χ4v) is 17.3. The van der Waals surface area contributed by atoms with Crippen LogP contribution in [0, 0.1) is 0 Å². The first-order valence-electron chi connectivity index (χ1n) is 8.10. The van der Waals surface area contributed by atoms with Gasteiger partial charge in [-0.25, -0.2) is 0 Å². The van der Waals surface area contributed by atoms with Gasteiger partial charge in [-0.2, -0.15) is 0 Å². The molecule has 0 unspecified atom stereocenters. The van der Waals surface area contributed by atoms with Crippen molar-refractivity contribution in [1.29, 1.82) is 0 Å². The van der Waals surface area contributed by atoms with Gasteiger partial charge in [0.05, 0.1) is 0 Å². The summed E-state index contributed by atoms with van der Waals surface area (Å²) in [4.78, 5) is 0. The molecule has 4 N–H and O–H groups in total. The third kappa shape index (κ3) is 3.11. The fraction of sp³-hybridized carbons (Fsp3) is 1.00. The lowest BCUT2D eigenvalue weighted by atomic mass is 10.2. The minimum atomic E-state index is -2.50. The van der Waals surface area contributed by atoms with Crippen LogP contribution < -0.4 is 10.8 Å². The Kier molecular flexibility index (Phi) is 4.89. The number of hydrogen-bond acceptors (Lipinski definition) is 4. The molecule has 0 aliphatic carbocycles. The molecular formula is C14H38N4Si3. The minimum Gasteiger partial charge on any atom is -0.315 e. The van der Waals surface area contributed by atoms with E-state index in [1.165, 1.54) is 0 Å². The average Bonchev–Trinajstić information content (AvgIpc) is 2.50. The van der Waals surface area contributed by atoms with E-state index in [2.05, 4.69) is 76.2 Å². The van der Waals surface area contributed by atoms with Crippen molar-refractivity contribution in [2.24, 2.45) is 10.8 Å². The van der Waals surface area contributed by atoms with Crippen LogP contribution in [-0.4, -0.2) is 46.7 Å². The molecule has 0 aromatic rings. The first-order valence-corrected chi connectivity index (χ1v) is 16.0. The smallest absolute Gasteiger partial charge is 0.315 e. The Labute approximate surface area is 135 Å². The Balaban J connectivity index is 3.21. The highest BCUT2D eigenvalue weighted by atomic mass is 28.5. The normalized spacial score (nSPS) is 22.9. The molecule has 1 aliphatic heterocycles. The number of rotatable bonds is 2. The highest BCUT2D eigenvalue weighted by molar-refractivity contribution is 6.96. The highest BCUT2D eigenvalue weighted by Gasteiger charge is 2.60. The predicted molar refractivity (Wildman–Crippen MR) is 102 cm³/mol. The predicted octanol–water partition coefficient (Wildman–Crippen LogP) is 2.97. The first kappa shape index (κ1) is 19.5. The molecule has 1 aliphatic rings. The van der Waals surface area contributed by atoms with Gasteiger partial charge in [-0.3, -0.25) is 0 Å². The van der Waals surface area contributed by atoms with Gasteiger partial charge in [0.25, 0.3) is 0 Å². The SMILES string of the molecule is CC(C)(C)[Si](C)(C)N1CCN([Si](C)(C)C(C)(C)C)[Si]1(N)N. The molecule has 1 rings (SSSR count). The van der Waals surface area contributed by atoms with E-state index in [0.29, 0.717) is 0 Å². The molecule has 0 atom stereocenters. The molecule has 0 radical (unpaired) electrons. The van der Waals surface area contributed by atoms with Crippen LogP contribution >= 0.6 is 0 Å². The van der Waals surface area contributed by atoms with Crippen molar-refractivity contribution in [3.8, 4) is 0 Å². The minimum absolute atomic E-state index is 0.285. The topological polar surface area (TPSA) is 58.5 Å². The number of hydrogen-bond donors (Lipinski definition) is 2. The molecule has 1 saturated heterocycles. The summed E-state index contributed by atoms with van der Waals surface area (Å²) in [5, 5.41) is 14.3. The Bertz CT molecular complexity index is 358. The standard InChI is InChI=1S/C14H38N4Si3/c1-13(2,3)19(7,8)17-11-12-18(21(17,15)16)20(9,10)14(4,5)6/h11-12,15-16H2,1-10H3. The van der Waals surface area contributed by atoms with E-state index >= 15 is 0 Å². The van der Waals surface area contributed by atoms with Crippen molar-refractivity contribution in [2.45, 2.75) is 77.8 Å². The quantitative estimate of drug-likeness (QED) is 0.755. The van der Waals surface area contributed by atoms with Crippen LogP contribution in [0.15, 0.2) is 0 Å². The summed E-state index contributed by atoms with van der Waals surface area (Å²) >= 11 is 0. The van der Waals surface area contributed by atoms with Crippen LogP contribution in [0.25, 0.3) is 0 Å². The third-order valence-electron chi connectivity index (χ3n) is 6.43. The summed E-state index contributed by atoms with van der Waals surface area (Å²) in [7, 11) is -5.82. The lowest BCUT2D eigenvalue weighted by Gasteiger charge is -2.53. The molecule has 0 aromatic carbocycles. The van der Waals surface area contributed by atoms with Gasteiger partial charge < -0.3 is 19.3 Å². The molecule has 7 heteroatoms. The zero-order chi connectivity index (χ0) is 17.1. The van der Waals surface area contributed by atoms with Gasteiger partial charge in [0.1, 0.15) is 16.5 Å². The van der Waals surface area contributed by atoms with Crippen molar-refractivity contribution in [1.82, 2.24) is 8.46 Å². The highest BCUT2D eigenvalue weighted by Crippen LogP contribution is 2.45. The largest absolute Gasteiger partial charge is 0.352 e. The van der Waals surface area contributed by atoms with Gasteiger partial charge >= 0.3 is 8.72 Å². The zero-order valence-corrected chi connectivity index (χ0v) is 19.0. The van der Waals surface area contributed by atoms with Gasteiger partial charge in [-0.05, 0) is 10.1 Å². The lowest BCUT2D eigenvalue weighted by molar-refractivity contribution is 0.579. The molecule has 1 fully saturated rings. The Hall–Kier alpha value is 0.491. The Morgan fingerprint density at radius 3 is 1.14 bits per heavy atom. The maximum Gasteiger partial charge on any atom is 0.352 e. The van der Waals surface area contributed by atoms with Crippen molar-refractivity contribution in [3.05, 3.63) is 0 Å². The fourth-order valence-electron chi connectivity index (χ4n) is 2.97. The van der Waals surface area contributed by atoms with Crippen molar-refractivity contribution in [3.63, 3.8) is 0 Å². The second-order valence-corrected chi connectivity index (χ2v) is 23.6. The molecule has 126 valence electrons. The lowest BCUT2D eigenvalue weighted by Crippen LogP contribution is -2.83. The summed E-state index contributed by atoms with van der Waals surface area (Å²) in [6.45, 7) is 25.9. The van der Waals surface area contributed by atoms with E-state index in [1.54, 1.807) is 0 Å². The van der Waals surface area contributed by atoms with E-state index in [9.17, 15) is 0 Å². The summed E-state index contributed by atoms with van der Waals surface area (Å²) in [6, 6.07) is 0. The van der Waals surface area contributed by atoms with Crippen molar-refractivity contribution >= 4 is 25.2 Å². The van der Waals surface area contributed by atoms with Gasteiger partial charge in [0, 0.05) is 13.1 Å². The molecular weight excluding hydrogens is 308 g/mol. The number of nitrogens with zero attached hydrogens (tertiary/aromatic N) is 2. The maximum atomic E-state index is 6.87. The van der Waals surface area contributed by atoms with Crippen LogP contribution in [-0.2, 0) is 0 Å². The van der Waals surface area contributed by atoms with Crippen LogP contribution in [0.2, 0.25) is 36.3 Å². The van der Waals surface area contributed by atoms with Crippen LogP contribution in [0.5, 0.6) is 0 Å². The van der Waals surface area contributed by atoms with Gasteiger partial charge in [0.15, 0.2) is 0 Å². The summed E-state index contributed by atoms with van der Waals surface area (Å²) in [5.41, 5.74) is 0. The van der Waals surface area contributed by atoms with Gasteiger partial charge in [0.2, 0.25) is 0 Å². The van der Waals surface area contributed by atoms with Crippen LogP contribution in [0.1, 0.15) is 41.5 Å². The molecule has 0 amide bonds. The van der Waals surface area contributed by atoms with Gasteiger partial charge in [-0.15, -0.1) is 0 Å². The van der Waals surface area contributed by atoms with E-state index in [4.69, 9.17) is 10.8 Å². The molecule has 1 heterocycles. The van der Waals surface area contributed by atoms with E-state index in [-0.39, 0.29) is 10.1 Å². The average molecular weight is 347 g/mol.